The van der Waals surface area contributed by atoms with E-state index in [1.807, 2.05) is 66.0 Å². The van der Waals surface area contributed by atoms with Gasteiger partial charge >= 0.3 is 6.03 Å². The van der Waals surface area contributed by atoms with Crippen molar-refractivity contribution < 1.29 is 19.2 Å². The number of Topliss-reactive ketones (excluding diaryl/α,β-unsaturated/α-hetero) is 2. The summed E-state index contributed by atoms with van der Waals surface area (Å²) in [5, 5.41) is 11.6. The molecule has 0 saturated carbocycles. The number of carbonyl (C=O) groups is 4. The fourth-order valence-corrected chi connectivity index (χ4v) is 10.0. The number of allylic oxidation sites excluding steroid dienone is 2. The van der Waals surface area contributed by atoms with Crippen LogP contribution in [0.4, 0.5) is 4.79 Å². The van der Waals surface area contributed by atoms with Gasteiger partial charge in [0.1, 0.15) is 0 Å². The highest BCUT2D eigenvalue weighted by Gasteiger charge is 2.42. The number of para-hydroxylation sites is 2. The van der Waals surface area contributed by atoms with Crippen LogP contribution in [0.2, 0.25) is 0 Å². The topological polar surface area (TPSA) is 114 Å². The lowest BCUT2D eigenvalue weighted by atomic mass is 9.87. The third kappa shape index (κ3) is 5.44. The lowest BCUT2D eigenvalue weighted by Crippen LogP contribution is -2.36. The van der Waals surface area contributed by atoms with Gasteiger partial charge in [-0.05, 0) is 50.2 Å². The summed E-state index contributed by atoms with van der Waals surface area (Å²) in [5.41, 5.74) is 6.10. The van der Waals surface area contributed by atoms with Gasteiger partial charge in [0.25, 0.3) is 0 Å². The van der Waals surface area contributed by atoms with Gasteiger partial charge in [-0.3, -0.25) is 14.4 Å². The van der Waals surface area contributed by atoms with Gasteiger partial charge in [-0.2, -0.15) is 11.8 Å². The van der Waals surface area contributed by atoms with Gasteiger partial charge in [-0.15, -0.1) is 0 Å². The van der Waals surface area contributed by atoms with Crippen LogP contribution in [-0.2, 0) is 34.4 Å². The lowest BCUT2D eigenvalue weighted by molar-refractivity contribution is -0.121. The van der Waals surface area contributed by atoms with Crippen LogP contribution in [-0.4, -0.2) is 62.3 Å². The maximum atomic E-state index is 13.7. The van der Waals surface area contributed by atoms with E-state index >= 15 is 0 Å². The van der Waals surface area contributed by atoms with Crippen molar-refractivity contribution in [3.63, 3.8) is 0 Å². The minimum atomic E-state index is -0.112. The van der Waals surface area contributed by atoms with E-state index in [1.54, 1.807) is 0 Å². The molecule has 5 heterocycles. The fraction of sp³-hybridized carbons (Fsp3) is 0.421. The van der Waals surface area contributed by atoms with Gasteiger partial charge in [0.15, 0.2) is 11.6 Å². The number of nitrogens with zero attached hydrogens (tertiary/aromatic N) is 2. The second-order valence-electron chi connectivity index (χ2n) is 13.8. The van der Waals surface area contributed by atoms with E-state index in [0.29, 0.717) is 35.3 Å². The van der Waals surface area contributed by atoms with Crippen LogP contribution in [0.15, 0.2) is 54.7 Å². The molecular formula is C38H41N5O4S. The molecule has 48 heavy (non-hydrogen) atoms. The third-order valence-electron chi connectivity index (χ3n) is 10.8. The fourth-order valence-electron chi connectivity index (χ4n) is 8.51. The van der Waals surface area contributed by atoms with Gasteiger partial charge in [-0.25, -0.2) is 4.79 Å². The van der Waals surface area contributed by atoms with Crippen molar-refractivity contribution in [1.82, 2.24) is 25.1 Å². The summed E-state index contributed by atoms with van der Waals surface area (Å²) >= 11 is 1.91. The zero-order valence-corrected chi connectivity index (χ0v) is 28.0. The molecule has 0 spiro atoms. The predicted octanol–water partition coefficient (Wildman–Crippen LogP) is 5.38. The van der Waals surface area contributed by atoms with Crippen LogP contribution in [0.5, 0.6) is 0 Å². The smallest absolute Gasteiger partial charge is 0.315 e. The first-order valence-corrected chi connectivity index (χ1v) is 18.3. The van der Waals surface area contributed by atoms with Crippen molar-refractivity contribution in [2.45, 2.75) is 75.2 Å². The number of hydrogen-bond donors (Lipinski definition) is 3. The van der Waals surface area contributed by atoms with E-state index in [1.165, 1.54) is 0 Å². The molecule has 3 amide bonds. The molecule has 2 aromatic carbocycles. The molecule has 4 aliphatic rings. The van der Waals surface area contributed by atoms with Gasteiger partial charge in [0.2, 0.25) is 5.91 Å². The highest BCUT2D eigenvalue weighted by atomic mass is 32.2. The Bertz CT molecular complexity index is 2010. The van der Waals surface area contributed by atoms with Crippen molar-refractivity contribution >= 4 is 68.2 Å². The van der Waals surface area contributed by atoms with Crippen LogP contribution >= 0.6 is 11.8 Å². The molecule has 0 bridgehead atoms. The molecule has 4 unspecified atom stereocenters. The Balaban J connectivity index is 0.966. The second-order valence-corrected chi connectivity index (χ2v) is 15.1. The van der Waals surface area contributed by atoms with Crippen LogP contribution in [0.3, 0.4) is 0 Å². The average Bonchev–Trinajstić information content (AvgIpc) is 3.87. The number of urea groups is 1. The maximum Gasteiger partial charge on any atom is 0.315 e. The number of unbranched alkanes of at least 4 members (excludes halogenated alkanes) is 1. The Morgan fingerprint density at radius 1 is 0.938 bits per heavy atom. The SMILES string of the molecule is Cn1cc(C2=C(c3c4n(c5ccccc35)CCC(CCNC(=O)CCCCC3SCC5NC(=O)NC53)C4)C(=O)CC2=O)c2ccccc21. The van der Waals surface area contributed by atoms with Crippen molar-refractivity contribution in [2.75, 3.05) is 12.3 Å². The van der Waals surface area contributed by atoms with E-state index in [4.69, 9.17) is 0 Å². The number of amides is 3. The minimum Gasteiger partial charge on any atom is -0.356 e. The first-order valence-electron chi connectivity index (χ1n) is 17.3. The lowest BCUT2D eigenvalue weighted by Gasteiger charge is -2.26. The van der Waals surface area contributed by atoms with Gasteiger partial charge in [0, 0.05) is 93.5 Å². The molecule has 2 aromatic heterocycles. The Labute approximate surface area is 283 Å². The molecule has 8 rings (SSSR count). The number of carbonyl (C=O) groups excluding carboxylic acids is 4. The molecular weight excluding hydrogens is 623 g/mol. The predicted molar refractivity (Wildman–Crippen MR) is 190 cm³/mol. The Kier molecular flexibility index (Phi) is 8.14. The molecule has 10 heteroatoms. The molecule has 4 atom stereocenters. The summed E-state index contributed by atoms with van der Waals surface area (Å²) < 4.78 is 4.38. The molecule has 248 valence electrons. The summed E-state index contributed by atoms with van der Waals surface area (Å²) in [6.07, 6.45) is 7.87. The van der Waals surface area contributed by atoms with Gasteiger partial charge in [0.05, 0.1) is 18.5 Å². The normalized spacial score (nSPS) is 23.6. The highest BCUT2D eigenvalue weighted by molar-refractivity contribution is 8.00. The second kappa shape index (κ2) is 12.6. The zero-order chi connectivity index (χ0) is 32.9. The largest absolute Gasteiger partial charge is 0.356 e. The first-order chi connectivity index (χ1) is 23.4. The third-order valence-corrected chi connectivity index (χ3v) is 12.3. The Morgan fingerprint density at radius 2 is 1.71 bits per heavy atom. The molecule has 4 aromatic rings. The van der Waals surface area contributed by atoms with Gasteiger partial charge < -0.3 is 25.1 Å². The standard InChI is InChI=1S/C38H41N5O4S/c1-42-20-25(23-8-2-4-10-27(23)42)35-30(44)19-31(45)36(35)34-24-9-3-5-11-28(24)43-17-15-22(18-29(34)43)14-16-39-33(46)13-7-6-12-32-37-26(21-48-32)40-38(47)41-37/h2-5,8-11,20,22,26,32,37H,6-7,12-19,21H2,1H3,(H,39,46)(H2,40,41,47). The number of aryl methyl sites for hydroxylation is 2. The molecule has 2 fully saturated rings. The van der Waals surface area contributed by atoms with E-state index < -0.39 is 0 Å². The maximum absolute atomic E-state index is 13.7. The quantitative estimate of drug-likeness (QED) is 0.120. The number of rotatable bonds is 10. The number of thioether (sulfide) groups is 1. The zero-order valence-electron chi connectivity index (χ0n) is 27.2. The molecule has 0 radical (unpaired) electrons. The van der Waals surface area contributed by atoms with E-state index in [2.05, 4.69) is 32.7 Å². The number of benzene rings is 2. The first kappa shape index (κ1) is 31.0. The number of ketones is 2. The number of fused-ring (bicyclic) bond motifs is 5. The summed E-state index contributed by atoms with van der Waals surface area (Å²) in [6, 6.07) is 16.7. The van der Waals surface area contributed by atoms with Crippen LogP contribution in [0, 0.1) is 5.92 Å². The van der Waals surface area contributed by atoms with Crippen LogP contribution < -0.4 is 16.0 Å². The number of nitrogens with one attached hydrogen (secondary N) is 3. The van der Waals surface area contributed by atoms with Gasteiger partial charge in [-0.1, -0.05) is 42.8 Å². The average molecular weight is 664 g/mol. The molecule has 1 aliphatic carbocycles. The van der Waals surface area contributed by atoms with E-state index in [0.717, 1.165) is 89.4 Å². The summed E-state index contributed by atoms with van der Waals surface area (Å²) in [7, 11) is 1.98. The van der Waals surface area contributed by atoms with Crippen molar-refractivity contribution in [3.8, 4) is 0 Å². The number of aromatic nitrogens is 2. The minimum absolute atomic E-state index is 0.0600. The van der Waals surface area contributed by atoms with Crippen molar-refractivity contribution in [3.05, 3.63) is 71.5 Å². The monoisotopic (exact) mass is 663 g/mol. The van der Waals surface area contributed by atoms with Crippen LogP contribution in [0.1, 0.15) is 61.8 Å². The van der Waals surface area contributed by atoms with Crippen molar-refractivity contribution in [2.24, 2.45) is 13.0 Å². The van der Waals surface area contributed by atoms with Crippen LogP contribution in [0.25, 0.3) is 33.0 Å². The number of hydrogen-bond acceptors (Lipinski definition) is 5. The molecule has 3 N–H and O–H groups in total. The van der Waals surface area contributed by atoms with E-state index in [9.17, 15) is 19.2 Å². The Morgan fingerprint density at radius 3 is 2.56 bits per heavy atom. The van der Waals surface area contributed by atoms with E-state index in [-0.39, 0.29) is 42.0 Å². The highest BCUT2D eigenvalue weighted by Crippen LogP contribution is 2.45. The summed E-state index contributed by atoms with van der Waals surface area (Å²) in [5.74, 6) is 1.19. The molecule has 2 saturated heterocycles. The molecule has 9 nitrogen and oxygen atoms in total. The molecule has 3 aliphatic heterocycles. The summed E-state index contributed by atoms with van der Waals surface area (Å²) in [4.78, 5) is 51.7. The Hall–Kier alpha value is -4.31. The van der Waals surface area contributed by atoms with Crippen molar-refractivity contribution in [1.29, 1.82) is 0 Å². The summed E-state index contributed by atoms with van der Waals surface area (Å²) in [6.45, 7) is 1.46.